The third kappa shape index (κ3) is 132. The van der Waals surface area contributed by atoms with Crippen molar-refractivity contribution in [2.75, 3.05) is 0 Å². The van der Waals surface area contributed by atoms with E-state index in [0.717, 1.165) is 0 Å². The number of halogens is 3. The molecule has 0 aliphatic heterocycles. The summed E-state index contributed by atoms with van der Waals surface area (Å²) in [5, 5.41) is 0. The molecule has 0 bridgehead atoms. The monoisotopic (exact) mass is 447 g/mol. The van der Waals surface area contributed by atoms with E-state index in [2.05, 4.69) is 0 Å². The topological polar surface area (TPSA) is 51.2 Å². The Morgan fingerprint density at radius 2 is 0.444 bits per heavy atom. The molecule has 57 valence electrons. The predicted octanol–water partition coefficient (Wildman–Crippen LogP) is -9.35. The van der Waals surface area contributed by atoms with E-state index in [-0.39, 0.29) is 37.2 Å². The summed E-state index contributed by atoms with van der Waals surface area (Å²) >= 11 is 2.10. The standard InChI is InChI=1S/3ClH.3Mo.3O/h3*1H;;;;;;/q;;;3*+1;;;/p-3. The molecule has 0 unspecified atom stereocenters. The molecule has 0 N–H and O–H groups in total. The summed E-state index contributed by atoms with van der Waals surface area (Å²) in [5.41, 5.74) is 0. The van der Waals surface area contributed by atoms with Crippen molar-refractivity contribution in [3.05, 3.63) is 0 Å². The van der Waals surface area contributed by atoms with Crippen molar-refractivity contribution in [1.82, 2.24) is 0 Å². The van der Waals surface area contributed by atoms with Gasteiger partial charge in [0.05, 0.1) is 0 Å². The Morgan fingerprint density at radius 3 is 0.444 bits per heavy atom. The Hall–Kier alpha value is 2.33. The zero-order chi connectivity index (χ0) is 6.00. The second kappa shape index (κ2) is 165. The molecule has 0 rings (SSSR count). The van der Waals surface area contributed by atoms with Crippen LogP contribution in [-0.4, -0.2) is 0 Å². The van der Waals surface area contributed by atoms with Gasteiger partial charge in [-0.2, -0.15) is 0 Å². The van der Waals surface area contributed by atoms with Crippen LogP contribution in [0.25, 0.3) is 0 Å². The van der Waals surface area contributed by atoms with Gasteiger partial charge in [0, 0.05) is 0 Å². The summed E-state index contributed by atoms with van der Waals surface area (Å²) in [6.45, 7) is 0. The SMILES string of the molecule is [Cl-].[Cl-].[Cl-].[O]=[Mo+].[O]=[Mo+].[O]=[Mo+]. The molecular formula is Cl3Mo3O3. The molecule has 0 aromatic carbocycles. The van der Waals surface area contributed by atoms with Gasteiger partial charge < -0.3 is 37.2 Å². The second-order valence-corrected chi connectivity index (χ2v) is 0. The molecule has 0 atom stereocenters. The molecule has 0 aromatic heterocycles. The van der Waals surface area contributed by atoms with Gasteiger partial charge in [-0.05, 0) is 0 Å². The number of hydrogen-bond donors (Lipinski definition) is 0. The molecule has 0 heterocycles. The van der Waals surface area contributed by atoms with E-state index in [1.807, 2.05) is 0 Å². The summed E-state index contributed by atoms with van der Waals surface area (Å²) in [6, 6.07) is 0. The first-order valence-corrected chi connectivity index (χ1v) is 2.96. The van der Waals surface area contributed by atoms with Gasteiger partial charge in [-0.25, -0.2) is 0 Å². The summed E-state index contributed by atoms with van der Waals surface area (Å²) in [7, 11) is 0. The number of hydrogen-bond acceptors (Lipinski definition) is 3. The minimum absolute atomic E-state index is 0. The fraction of sp³-hybridized carbons (Fsp3) is 0. The molecule has 9 heteroatoms. The van der Waals surface area contributed by atoms with Gasteiger partial charge in [-0.1, -0.05) is 0 Å². The Bertz CT molecular complexity index is 19.0. The van der Waals surface area contributed by atoms with Crippen LogP contribution in [0.4, 0.5) is 0 Å². The summed E-state index contributed by atoms with van der Waals surface area (Å²) in [6.07, 6.45) is 0. The Labute approximate surface area is 105 Å². The van der Waals surface area contributed by atoms with Gasteiger partial charge in [0.1, 0.15) is 0 Å². The van der Waals surface area contributed by atoms with Crippen molar-refractivity contribution in [1.29, 1.82) is 0 Å². The normalized spacial score (nSPS) is 1.00. The zero-order valence-corrected chi connectivity index (χ0v) is 11.9. The Balaban J connectivity index is -0.00000000321. The third-order valence-corrected chi connectivity index (χ3v) is 0. The van der Waals surface area contributed by atoms with Gasteiger partial charge in [0.15, 0.2) is 0 Å². The van der Waals surface area contributed by atoms with E-state index in [0.29, 0.717) is 59.3 Å². The summed E-state index contributed by atoms with van der Waals surface area (Å²) in [4.78, 5) is 0. The van der Waals surface area contributed by atoms with Gasteiger partial charge in [0.2, 0.25) is 0 Å². The fourth-order valence-electron chi connectivity index (χ4n) is 0. The van der Waals surface area contributed by atoms with Gasteiger partial charge in [-0.3, -0.25) is 0 Å². The molecule has 9 heavy (non-hydrogen) atoms. The van der Waals surface area contributed by atoms with E-state index >= 15 is 0 Å². The first kappa shape index (κ1) is 42.5. The maximum atomic E-state index is 8.26. The molecule has 0 aromatic rings. The molecule has 0 amide bonds. The number of rotatable bonds is 0. The van der Waals surface area contributed by atoms with Crippen molar-refractivity contribution in [2.24, 2.45) is 0 Å². The predicted molar refractivity (Wildman–Crippen MR) is 2.06 cm³/mol. The molecule has 0 fully saturated rings. The Morgan fingerprint density at radius 1 is 0.444 bits per heavy atom. The van der Waals surface area contributed by atoms with Crippen molar-refractivity contribution in [3.63, 3.8) is 0 Å². The van der Waals surface area contributed by atoms with E-state index in [1.165, 1.54) is 0 Å². The van der Waals surface area contributed by atoms with Crippen molar-refractivity contribution in [2.45, 2.75) is 0 Å². The average Bonchev–Trinajstić information content (AvgIpc) is 1.81. The van der Waals surface area contributed by atoms with Crippen LogP contribution in [0.3, 0.4) is 0 Å². The zero-order valence-electron chi connectivity index (χ0n) is 3.58. The molecular weight excluding hydrogens is 442 g/mol. The van der Waals surface area contributed by atoms with Crippen LogP contribution in [0.15, 0.2) is 0 Å². The molecule has 3 nitrogen and oxygen atoms in total. The first-order chi connectivity index (χ1) is 3.00. The summed E-state index contributed by atoms with van der Waals surface area (Å²) in [5.74, 6) is 0. The second-order valence-electron chi connectivity index (χ2n) is 0. The molecule has 0 saturated heterocycles. The van der Waals surface area contributed by atoms with Gasteiger partial charge in [-0.15, -0.1) is 0 Å². The van der Waals surface area contributed by atoms with Crippen molar-refractivity contribution < 1.29 is 107 Å². The fourth-order valence-corrected chi connectivity index (χ4v) is 0. The van der Waals surface area contributed by atoms with E-state index in [4.69, 9.17) is 10.2 Å². The molecule has 0 saturated carbocycles. The van der Waals surface area contributed by atoms with Crippen LogP contribution < -0.4 is 37.2 Å². The van der Waals surface area contributed by atoms with E-state index in [9.17, 15) is 0 Å². The van der Waals surface area contributed by atoms with Gasteiger partial charge in [0.25, 0.3) is 0 Å². The van der Waals surface area contributed by atoms with Crippen LogP contribution >= 0.6 is 0 Å². The van der Waals surface area contributed by atoms with Crippen molar-refractivity contribution in [3.8, 4) is 0 Å². The van der Waals surface area contributed by atoms with Crippen LogP contribution in [0.2, 0.25) is 0 Å². The van der Waals surface area contributed by atoms with E-state index < -0.39 is 0 Å². The third-order valence-electron chi connectivity index (χ3n) is 0. The van der Waals surface area contributed by atoms with Crippen LogP contribution in [0, 0.1) is 0 Å². The molecule has 0 aliphatic rings. The molecule has 0 aliphatic carbocycles. The Kier molecular flexibility index (Phi) is 781. The van der Waals surface area contributed by atoms with Crippen LogP contribution in [0.1, 0.15) is 0 Å². The average molecular weight is 442 g/mol. The van der Waals surface area contributed by atoms with Crippen LogP contribution in [0.5, 0.6) is 0 Å². The summed E-state index contributed by atoms with van der Waals surface area (Å²) < 4.78 is 24.8. The van der Waals surface area contributed by atoms with Gasteiger partial charge >= 0.3 is 69.5 Å². The maximum absolute atomic E-state index is 8.26. The quantitative estimate of drug-likeness (QED) is 0.351. The van der Waals surface area contributed by atoms with Crippen LogP contribution in [-0.2, 0) is 69.5 Å². The molecule has 0 spiro atoms. The van der Waals surface area contributed by atoms with E-state index in [1.54, 1.807) is 0 Å². The molecule has 0 radical (unpaired) electrons. The minimum atomic E-state index is 0. The van der Waals surface area contributed by atoms with Crippen molar-refractivity contribution >= 4 is 0 Å². The first-order valence-electron chi connectivity index (χ1n) is 0.500.